The van der Waals surface area contributed by atoms with Crippen LogP contribution >= 0.6 is 0 Å². The molecule has 5 nitrogen and oxygen atoms in total. The van der Waals surface area contributed by atoms with Crippen LogP contribution in [0.3, 0.4) is 0 Å². The van der Waals surface area contributed by atoms with E-state index < -0.39 is 11.6 Å². The molecule has 0 radical (unpaired) electrons. The average molecular weight is 341 g/mol. The summed E-state index contributed by atoms with van der Waals surface area (Å²) in [5, 5.41) is 14.4. The van der Waals surface area contributed by atoms with Crippen molar-refractivity contribution in [3.8, 4) is 0 Å². The lowest BCUT2D eigenvalue weighted by Crippen LogP contribution is -2.74. The van der Waals surface area contributed by atoms with Gasteiger partial charge in [0.1, 0.15) is 5.97 Å². The molecular formula is C19H36N2O3. The quantitative estimate of drug-likeness (QED) is 0.242. The Morgan fingerprint density at radius 3 is 2.08 bits per heavy atom. The van der Waals surface area contributed by atoms with E-state index in [-0.39, 0.29) is 10.4 Å². The van der Waals surface area contributed by atoms with Crippen molar-refractivity contribution in [3.63, 3.8) is 0 Å². The van der Waals surface area contributed by atoms with Crippen LogP contribution in [0.2, 0.25) is 0 Å². The fourth-order valence-electron chi connectivity index (χ4n) is 2.83. The number of likely N-dealkylation sites (N-methyl/N-ethyl adjacent to an activating group) is 1. The summed E-state index contributed by atoms with van der Waals surface area (Å²) in [4.78, 5) is 23.9. The fourth-order valence-corrected chi connectivity index (χ4v) is 2.83. The van der Waals surface area contributed by atoms with Gasteiger partial charge in [-0.25, -0.2) is 0 Å². The van der Waals surface area contributed by atoms with Crippen LogP contribution in [0.15, 0.2) is 12.2 Å². The van der Waals surface area contributed by atoms with Gasteiger partial charge >= 0.3 is 0 Å². The second-order valence-corrected chi connectivity index (χ2v) is 7.36. The number of hydrogen-bond donors (Lipinski definition) is 1. The summed E-state index contributed by atoms with van der Waals surface area (Å²) in [7, 11) is 5.27. The summed E-state index contributed by atoms with van der Waals surface area (Å²) in [5.41, 5.74) is -1.41. The third kappa shape index (κ3) is 7.47. The molecule has 0 aliphatic rings. The number of nitrogens with zero attached hydrogens (tertiary/aromatic N) is 1. The molecule has 1 N–H and O–H groups in total. The molecule has 0 aliphatic carbocycles. The Kier molecular flexibility index (Phi) is 10.6. The minimum atomic E-state index is -1.41. The topological polar surface area (TPSA) is 69.2 Å². The molecule has 0 aromatic heterocycles. The van der Waals surface area contributed by atoms with Crippen LogP contribution < -0.4 is 10.4 Å². The summed E-state index contributed by atoms with van der Waals surface area (Å²) in [6, 6.07) is 0. The Bertz CT molecular complexity index is 413. The van der Waals surface area contributed by atoms with E-state index in [9.17, 15) is 14.7 Å². The van der Waals surface area contributed by atoms with E-state index in [2.05, 4.69) is 12.2 Å². The number of unbranched alkanes of at least 4 members (excludes halogenated alkanes) is 6. The van der Waals surface area contributed by atoms with Crippen molar-refractivity contribution in [2.24, 2.45) is 0 Å². The van der Waals surface area contributed by atoms with Crippen LogP contribution in [0.25, 0.3) is 0 Å². The van der Waals surface area contributed by atoms with E-state index >= 15 is 0 Å². The summed E-state index contributed by atoms with van der Waals surface area (Å²) >= 11 is 0. The average Bonchev–Trinajstić information content (AvgIpc) is 2.48. The van der Waals surface area contributed by atoms with E-state index in [1.807, 2.05) is 13.0 Å². The Morgan fingerprint density at radius 2 is 1.58 bits per heavy atom. The predicted octanol–water partition coefficient (Wildman–Crippen LogP) is 2.36. The highest BCUT2D eigenvalue weighted by atomic mass is 16.4. The third-order valence-corrected chi connectivity index (χ3v) is 4.42. The van der Waals surface area contributed by atoms with Gasteiger partial charge in [0.2, 0.25) is 11.6 Å². The van der Waals surface area contributed by atoms with Gasteiger partial charge < -0.3 is 14.4 Å². The smallest absolute Gasteiger partial charge is 0.248 e. The van der Waals surface area contributed by atoms with Crippen LogP contribution in [-0.4, -0.2) is 43.2 Å². The lowest BCUT2D eigenvalue weighted by molar-refractivity contribution is -0.919. The van der Waals surface area contributed by atoms with Gasteiger partial charge in [-0.1, -0.05) is 52.0 Å². The Hall–Kier alpha value is -1.36. The molecule has 0 saturated carbocycles. The van der Waals surface area contributed by atoms with Gasteiger partial charge in [0, 0.05) is 6.42 Å². The second-order valence-electron chi connectivity index (χ2n) is 7.36. The van der Waals surface area contributed by atoms with E-state index in [1.165, 1.54) is 38.2 Å². The number of allylic oxidation sites excluding steroid dienone is 1. The number of quaternary nitrogens is 1. The van der Waals surface area contributed by atoms with Crippen molar-refractivity contribution in [2.45, 2.75) is 77.3 Å². The first-order valence-corrected chi connectivity index (χ1v) is 9.23. The van der Waals surface area contributed by atoms with Crippen LogP contribution in [0.5, 0.6) is 0 Å². The molecule has 1 amide bonds. The SMILES string of the molecule is CCCCCCCCC=CC(=O)NC(CCC)(C(=O)[O-])[N+](C)(C)C. The zero-order chi connectivity index (χ0) is 18.6. The van der Waals surface area contributed by atoms with E-state index in [4.69, 9.17) is 0 Å². The number of amides is 1. The summed E-state index contributed by atoms with van der Waals surface area (Å²) in [5.74, 6) is -1.61. The molecule has 0 heterocycles. The molecule has 0 aromatic rings. The lowest BCUT2D eigenvalue weighted by atomic mass is 10.00. The zero-order valence-electron chi connectivity index (χ0n) is 16.2. The molecule has 140 valence electrons. The Labute approximate surface area is 147 Å². The van der Waals surface area contributed by atoms with Gasteiger partial charge in [-0.15, -0.1) is 0 Å². The number of carbonyl (C=O) groups excluding carboxylic acids is 2. The van der Waals surface area contributed by atoms with Crippen molar-refractivity contribution < 1.29 is 19.2 Å². The number of carbonyl (C=O) groups is 2. The molecule has 5 heteroatoms. The zero-order valence-corrected chi connectivity index (χ0v) is 16.2. The maximum Gasteiger partial charge on any atom is 0.248 e. The molecule has 0 aromatic carbocycles. The van der Waals surface area contributed by atoms with Crippen molar-refractivity contribution in [2.75, 3.05) is 21.1 Å². The second kappa shape index (κ2) is 11.2. The fraction of sp³-hybridized carbons (Fsp3) is 0.789. The molecule has 0 aliphatic heterocycles. The summed E-state index contributed by atoms with van der Waals surface area (Å²) in [6.07, 6.45) is 12.4. The summed E-state index contributed by atoms with van der Waals surface area (Å²) in [6.45, 7) is 4.09. The molecule has 0 fully saturated rings. The number of carboxylic acid groups (broad SMARTS) is 1. The van der Waals surface area contributed by atoms with Gasteiger partial charge in [0.15, 0.2) is 0 Å². The van der Waals surface area contributed by atoms with E-state index in [0.29, 0.717) is 12.8 Å². The lowest BCUT2D eigenvalue weighted by Gasteiger charge is -2.46. The molecule has 1 atom stereocenters. The predicted molar refractivity (Wildman–Crippen MR) is 96.0 cm³/mol. The van der Waals surface area contributed by atoms with Gasteiger partial charge in [-0.3, -0.25) is 10.1 Å². The van der Waals surface area contributed by atoms with Gasteiger partial charge in [-0.2, -0.15) is 0 Å². The van der Waals surface area contributed by atoms with Crippen molar-refractivity contribution in [3.05, 3.63) is 12.2 Å². The van der Waals surface area contributed by atoms with Crippen molar-refractivity contribution in [1.82, 2.24) is 5.32 Å². The largest absolute Gasteiger partial charge is 0.542 e. The van der Waals surface area contributed by atoms with Gasteiger partial charge in [0.05, 0.1) is 21.1 Å². The molecule has 0 rings (SSSR count). The standard InChI is InChI=1S/C19H36N2O3/c1-6-8-9-10-11-12-13-14-15-17(22)20-19(16-7-2,18(23)24)21(3,4)5/h14-15H,6-13,16H2,1-5H3,(H-,20,22,23,24). The number of rotatable bonds is 13. The molecule has 0 spiro atoms. The minimum Gasteiger partial charge on any atom is -0.542 e. The van der Waals surface area contributed by atoms with Crippen molar-refractivity contribution >= 4 is 11.9 Å². The van der Waals surface area contributed by atoms with Crippen molar-refractivity contribution in [1.29, 1.82) is 0 Å². The number of aliphatic carboxylic acids is 1. The highest BCUT2D eigenvalue weighted by molar-refractivity contribution is 5.91. The normalized spacial score (nSPS) is 14.5. The molecule has 24 heavy (non-hydrogen) atoms. The van der Waals surface area contributed by atoms with E-state index in [0.717, 1.165) is 12.8 Å². The Morgan fingerprint density at radius 1 is 1.00 bits per heavy atom. The molecule has 0 bridgehead atoms. The molecular weight excluding hydrogens is 304 g/mol. The maximum atomic E-state index is 12.2. The number of nitrogens with one attached hydrogen (secondary N) is 1. The monoisotopic (exact) mass is 340 g/mol. The first-order valence-electron chi connectivity index (χ1n) is 9.23. The van der Waals surface area contributed by atoms with Crippen LogP contribution in [0.1, 0.15) is 71.6 Å². The first-order chi connectivity index (χ1) is 11.2. The first kappa shape index (κ1) is 22.6. The van der Waals surface area contributed by atoms with Gasteiger partial charge in [-0.05, 0) is 25.3 Å². The van der Waals surface area contributed by atoms with Gasteiger partial charge in [0.25, 0.3) is 0 Å². The molecule has 1 unspecified atom stereocenters. The maximum absolute atomic E-state index is 12.2. The van der Waals surface area contributed by atoms with Crippen LogP contribution in [0, 0.1) is 0 Å². The van der Waals surface area contributed by atoms with Crippen LogP contribution in [0.4, 0.5) is 0 Å². The summed E-state index contributed by atoms with van der Waals surface area (Å²) < 4.78 is 0.0835. The highest BCUT2D eigenvalue weighted by Crippen LogP contribution is 2.21. The minimum absolute atomic E-state index is 0.0835. The molecule has 0 saturated heterocycles. The Balaban J connectivity index is 4.52. The third-order valence-electron chi connectivity index (χ3n) is 4.42. The number of hydrogen-bond acceptors (Lipinski definition) is 3. The highest BCUT2D eigenvalue weighted by Gasteiger charge is 2.45. The number of carboxylic acids is 1. The van der Waals surface area contributed by atoms with E-state index in [1.54, 1.807) is 21.1 Å². The van der Waals surface area contributed by atoms with Crippen LogP contribution in [-0.2, 0) is 9.59 Å².